The second kappa shape index (κ2) is 5.05. The number of hydrogen-bond donors (Lipinski definition) is 1. The summed E-state index contributed by atoms with van der Waals surface area (Å²) in [6.45, 7) is 13.5. The minimum Gasteiger partial charge on any atom is -0.317 e. The molecule has 0 spiro atoms. The van der Waals surface area contributed by atoms with Gasteiger partial charge in [-0.2, -0.15) is 0 Å². The van der Waals surface area contributed by atoms with Crippen LogP contribution in [0.15, 0.2) is 0 Å². The maximum absolute atomic E-state index is 3.47. The molecule has 2 aliphatic rings. The third-order valence-corrected chi connectivity index (χ3v) is 4.06. The van der Waals surface area contributed by atoms with E-state index in [1.807, 2.05) is 0 Å². The van der Waals surface area contributed by atoms with Gasteiger partial charge in [0.05, 0.1) is 0 Å². The van der Waals surface area contributed by atoms with Crippen LogP contribution in [0, 0.1) is 17.3 Å². The van der Waals surface area contributed by atoms with Crippen molar-refractivity contribution < 1.29 is 0 Å². The van der Waals surface area contributed by atoms with Gasteiger partial charge in [0.1, 0.15) is 0 Å². The highest BCUT2D eigenvalue weighted by Gasteiger charge is 2.31. The number of rotatable bonds is 2. The monoisotopic (exact) mass is 224 g/mol. The van der Waals surface area contributed by atoms with Crippen molar-refractivity contribution >= 4 is 0 Å². The van der Waals surface area contributed by atoms with Crippen molar-refractivity contribution in [1.82, 2.24) is 10.2 Å². The lowest BCUT2D eigenvalue weighted by Gasteiger charge is -2.30. The summed E-state index contributed by atoms with van der Waals surface area (Å²) in [7, 11) is 0. The number of nitrogens with one attached hydrogen (secondary N) is 1. The van der Waals surface area contributed by atoms with E-state index in [0.29, 0.717) is 5.41 Å². The van der Waals surface area contributed by atoms with Crippen LogP contribution in [-0.2, 0) is 0 Å². The van der Waals surface area contributed by atoms with E-state index in [2.05, 4.69) is 31.0 Å². The maximum atomic E-state index is 3.47. The Morgan fingerprint density at radius 2 is 1.75 bits per heavy atom. The highest BCUT2D eigenvalue weighted by molar-refractivity contribution is 4.85. The summed E-state index contributed by atoms with van der Waals surface area (Å²) >= 11 is 0. The molecule has 0 aromatic heterocycles. The molecule has 2 heterocycles. The van der Waals surface area contributed by atoms with Crippen LogP contribution in [0.4, 0.5) is 0 Å². The molecule has 0 saturated carbocycles. The minimum absolute atomic E-state index is 0.461. The first-order valence-corrected chi connectivity index (χ1v) is 6.98. The van der Waals surface area contributed by atoms with Gasteiger partial charge in [0, 0.05) is 13.1 Å². The standard InChI is InChI=1S/C14H28N2/c1-14(2,3)11-16-9-6-13(10-16)12-4-7-15-8-5-12/h12-13,15H,4-11H2,1-3H3/t13-/m1/s1. The zero-order valence-corrected chi connectivity index (χ0v) is 11.3. The number of hydrogen-bond acceptors (Lipinski definition) is 2. The maximum Gasteiger partial charge on any atom is 0.00302 e. The molecule has 0 aromatic carbocycles. The van der Waals surface area contributed by atoms with E-state index in [1.54, 1.807) is 0 Å². The molecule has 16 heavy (non-hydrogen) atoms. The Kier molecular flexibility index (Phi) is 3.91. The highest BCUT2D eigenvalue weighted by atomic mass is 15.2. The van der Waals surface area contributed by atoms with E-state index >= 15 is 0 Å². The molecule has 0 amide bonds. The molecule has 0 radical (unpaired) electrons. The van der Waals surface area contributed by atoms with E-state index in [0.717, 1.165) is 11.8 Å². The van der Waals surface area contributed by atoms with Gasteiger partial charge in [-0.1, -0.05) is 20.8 Å². The molecule has 0 unspecified atom stereocenters. The number of likely N-dealkylation sites (tertiary alicyclic amines) is 1. The summed E-state index contributed by atoms with van der Waals surface area (Å²) in [5.41, 5.74) is 0.461. The summed E-state index contributed by atoms with van der Waals surface area (Å²) in [6.07, 6.45) is 4.27. The van der Waals surface area contributed by atoms with Crippen molar-refractivity contribution in [1.29, 1.82) is 0 Å². The smallest absolute Gasteiger partial charge is 0.00302 e. The fourth-order valence-electron chi connectivity index (χ4n) is 3.38. The van der Waals surface area contributed by atoms with Crippen molar-refractivity contribution in [3.05, 3.63) is 0 Å². The van der Waals surface area contributed by atoms with Gasteiger partial charge in [0.2, 0.25) is 0 Å². The Hall–Kier alpha value is -0.0800. The molecule has 1 atom stereocenters. The third kappa shape index (κ3) is 3.46. The Labute approximate surface area is 101 Å². The predicted molar refractivity (Wildman–Crippen MR) is 69.6 cm³/mol. The zero-order valence-electron chi connectivity index (χ0n) is 11.3. The summed E-state index contributed by atoms with van der Waals surface area (Å²) in [5, 5.41) is 3.47. The summed E-state index contributed by atoms with van der Waals surface area (Å²) in [6, 6.07) is 0. The predicted octanol–water partition coefficient (Wildman–Crippen LogP) is 2.35. The van der Waals surface area contributed by atoms with Gasteiger partial charge in [-0.15, -0.1) is 0 Å². The van der Waals surface area contributed by atoms with Crippen LogP contribution in [0.1, 0.15) is 40.0 Å². The molecule has 2 heteroatoms. The van der Waals surface area contributed by atoms with Gasteiger partial charge in [-0.3, -0.25) is 0 Å². The molecular weight excluding hydrogens is 196 g/mol. The fraction of sp³-hybridized carbons (Fsp3) is 1.00. The highest BCUT2D eigenvalue weighted by Crippen LogP contribution is 2.31. The van der Waals surface area contributed by atoms with Crippen molar-refractivity contribution in [2.24, 2.45) is 17.3 Å². The lowest BCUT2D eigenvalue weighted by molar-refractivity contribution is 0.200. The fourth-order valence-corrected chi connectivity index (χ4v) is 3.38. The average molecular weight is 224 g/mol. The van der Waals surface area contributed by atoms with E-state index in [4.69, 9.17) is 0 Å². The molecule has 0 bridgehead atoms. The number of nitrogens with zero attached hydrogens (tertiary/aromatic N) is 1. The quantitative estimate of drug-likeness (QED) is 0.774. The molecule has 94 valence electrons. The topological polar surface area (TPSA) is 15.3 Å². The molecule has 2 aliphatic heterocycles. The molecule has 2 saturated heterocycles. The molecule has 2 fully saturated rings. The van der Waals surface area contributed by atoms with Crippen molar-refractivity contribution in [2.45, 2.75) is 40.0 Å². The number of piperidine rings is 1. The SMILES string of the molecule is CC(C)(C)CN1CC[C@@H](C2CCNCC2)C1. The van der Waals surface area contributed by atoms with Crippen LogP contribution in [0.5, 0.6) is 0 Å². The second-order valence-corrected chi connectivity index (χ2v) is 6.93. The van der Waals surface area contributed by atoms with Gasteiger partial charge in [-0.05, 0) is 56.1 Å². The lowest BCUT2D eigenvalue weighted by atomic mass is 9.84. The lowest BCUT2D eigenvalue weighted by Crippen LogP contribution is -2.34. The molecule has 2 nitrogen and oxygen atoms in total. The largest absolute Gasteiger partial charge is 0.317 e. The Bertz CT molecular complexity index is 213. The Balaban J connectivity index is 1.78. The van der Waals surface area contributed by atoms with Gasteiger partial charge in [0.15, 0.2) is 0 Å². The van der Waals surface area contributed by atoms with Gasteiger partial charge >= 0.3 is 0 Å². The zero-order chi connectivity index (χ0) is 11.6. The average Bonchev–Trinajstić information content (AvgIpc) is 2.65. The van der Waals surface area contributed by atoms with E-state index in [1.165, 1.54) is 52.0 Å². The van der Waals surface area contributed by atoms with Gasteiger partial charge in [0.25, 0.3) is 0 Å². The molecule has 1 N–H and O–H groups in total. The molecular formula is C14H28N2. The summed E-state index contributed by atoms with van der Waals surface area (Å²) in [4.78, 5) is 2.69. The van der Waals surface area contributed by atoms with E-state index in [9.17, 15) is 0 Å². The second-order valence-electron chi connectivity index (χ2n) is 6.93. The summed E-state index contributed by atoms with van der Waals surface area (Å²) in [5.74, 6) is 2.00. The Morgan fingerprint density at radius 1 is 1.06 bits per heavy atom. The van der Waals surface area contributed by atoms with Crippen molar-refractivity contribution in [3.8, 4) is 0 Å². The van der Waals surface area contributed by atoms with Crippen LogP contribution in [-0.4, -0.2) is 37.6 Å². The van der Waals surface area contributed by atoms with Crippen molar-refractivity contribution in [2.75, 3.05) is 32.7 Å². The first-order valence-electron chi connectivity index (χ1n) is 6.98. The first-order chi connectivity index (χ1) is 7.54. The summed E-state index contributed by atoms with van der Waals surface area (Å²) < 4.78 is 0. The molecule has 0 aliphatic carbocycles. The van der Waals surface area contributed by atoms with Crippen LogP contribution >= 0.6 is 0 Å². The van der Waals surface area contributed by atoms with Crippen LogP contribution in [0.3, 0.4) is 0 Å². The minimum atomic E-state index is 0.461. The van der Waals surface area contributed by atoms with Gasteiger partial charge < -0.3 is 10.2 Å². The normalized spacial score (nSPS) is 29.8. The van der Waals surface area contributed by atoms with Crippen LogP contribution < -0.4 is 5.32 Å². The van der Waals surface area contributed by atoms with E-state index < -0.39 is 0 Å². The molecule has 2 rings (SSSR count). The van der Waals surface area contributed by atoms with E-state index in [-0.39, 0.29) is 0 Å². The third-order valence-electron chi connectivity index (χ3n) is 4.06. The first kappa shape index (κ1) is 12.4. The van der Waals surface area contributed by atoms with Crippen LogP contribution in [0.25, 0.3) is 0 Å². The van der Waals surface area contributed by atoms with Gasteiger partial charge in [-0.25, -0.2) is 0 Å². The Morgan fingerprint density at radius 3 is 2.38 bits per heavy atom. The van der Waals surface area contributed by atoms with Crippen LogP contribution in [0.2, 0.25) is 0 Å². The van der Waals surface area contributed by atoms with Crippen molar-refractivity contribution in [3.63, 3.8) is 0 Å². The molecule has 0 aromatic rings.